The first kappa shape index (κ1) is 51.5. The predicted octanol–water partition coefficient (Wildman–Crippen LogP) is 6.10. The van der Waals surface area contributed by atoms with Crippen LogP contribution < -0.4 is 16.8 Å². The van der Waals surface area contributed by atoms with E-state index in [1.54, 1.807) is 0 Å². The molecule has 0 heterocycles. The van der Waals surface area contributed by atoms with E-state index in [-0.39, 0.29) is 76.0 Å². The monoisotopic (exact) mass is 1010 g/mol. The van der Waals surface area contributed by atoms with Gasteiger partial charge in [-0.2, -0.15) is 21.9 Å². The van der Waals surface area contributed by atoms with Crippen molar-refractivity contribution in [1.29, 1.82) is 0 Å². The molecule has 34 heteroatoms. The molecule has 0 unspecified atom stereocenters. The van der Waals surface area contributed by atoms with Gasteiger partial charge in [0.2, 0.25) is 5.91 Å². The number of nitrogens with two attached hydrogens (primary N) is 2. The van der Waals surface area contributed by atoms with E-state index in [0.29, 0.717) is 6.07 Å². The highest BCUT2D eigenvalue weighted by molar-refractivity contribution is 7.92. The lowest BCUT2D eigenvalue weighted by Gasteiger charge is -2.10. The lowest BCUT2D eigenvalue weighted by Crippen LogP contribution is -2.12. The number of benzene rings is 4. The second kappa shape index (κ2) is 22.7. The summed E-state index contributed by atoms with van der Waals surface area (Å²) in [5.74, 6) is -1.85. The van der Waals surface area contributed by atoms with Crippen LogP contribution in [0.1, 0.15) is 6.92 Å². The van der Waals surface area contributed by atoms with E-state index >= 15 is 0 Å². The van der Waals surface area contributed by atoms with Gasteiger partial charge in [-0.05, 0) is 66.7 Å². The molecule has 0 aliphatic rings. The summed E-state index contributed by atoms with van der Waals surface area (Å²) in [6, 6.07) is 11.4. The van der Waals surface area contributed by atoms with Gasteiger partial charge in [-0.15, -0.1) is 34.2 Å². The molecule has 0 fully saturated rings. The first-order valence-electron chi connectivity index (χ1n) is 16.6. The standard InChI is InChI=1S/C30H31N9O19S6/c1-17(40)33-26-15-28(30(64(50,51)52)16-27(26)38-34-18-2-4-19(5-3-18)61(43,44)10-8-53-59-57-55-41)39-37-25-14-24(21(31)13-22(25)32)36-35-23-7-6-20(12-29(23)63(47,48)49)62(45,46)11-9-54-60-58-56-42/h2-7,12-16,41-42H,8-11,31-32H2,1H3,(H,33,40)(H,47,48,49)(H,50,51,52). The van der Waals surface area contributed by atoms with Crippen molar-refractivity contribution in [2.75, 3.05) is 41.5 Å². The highest BCUT2D eigenvalue weighted by Crippen LogP contribution is 2.40. The van der Waals surface area contributed by atoms with E-state index in [0.717, 1.165) is 43.3 Å². The van der Waals surface area contributed by atoms with Gasteiger partial charge >= 0.3 is 0 Å². The number of hydrogen-bond donors (Lipinski definition) is 7. The Balaban J connectivity index is 1.66. The Morgan fingerprint density at radius 2 is 1.06 bits per heavy atom. The van der Waals surface area contributed by atoms with Crippen LogP contribution in [0.15, 0.2) is 117 Å². The minimum absolute atomic E-state index is 0.0656. The molecular weight excluding hydrogens is 983 g/mol. The molecule has 28 nitrogen and oxygen atoms in total. The van der Waals surface area contributed by atoms with Crippen LogP contribution in [0.25, 0.3) is 0 Å². The quantitative estimate of drug-likeness (QED) is 0.00839. The third-order valence-corrected chi connectivity index (χ3v) is 13.4. The molecule has 0 saturated heterocycles. The van der Waals surface area contributed by atoms with Crippen LogP contribution in [0.3, 0.4) is 0 Å². The van der Waals surface area contributed by atoms with E-state index < -0.39 is 90.0 Å². The van der Waals surface area contributed by atoms with Crippen molar-refractivity contribution in [2.24, 2.45) is 30.7 Å². The second-order valence-electron chi connectivity index (χ2n) is 11.9. The van der Waals surface area contributed by atoms with Crippen LogP contribution >= 0.6 is 24.6 Å². The van der Waals surface area contributed by atoms with E-state index in [1.165, 1.54) is 24.3 Å². The fourth-order valence-corrected chi connectivity index (χ4v) is 8.87. The van der Waals surface area contributed by atoms with Crippen LogP contribution in [0.4, 0.5) is 51.2 Å². The summed E-state index contributed by atoms with van der Waals surface area (Å²) < 4.78 is 138. The number of amides is 1. The number of azo groups is 3. The maximum atomic E-state index is 12.7. The van der Waals surface area contributed by atoms with E-state index in [4.69, 9.17) is 30.3 Å². The van der Waals surface area contributed by atoms with Gasteiger partial charge in [-0.25, -0.2) is 27.4 Å². The fourth-order valence-electron chi connectivity index (χ4n) is 4.68. The Bertz CT molecular complexity index is 2890. The number of carbonyl (C=O) groups excluding carboxylic acids is 1. The zero-order valence-electron chi connectivity index (χ0n) is 31.9. The lowest BCUT2D eigenvalue weighted by molar-refractivity contribution is -0.434. The van der Waals surface area contributed by atoms with Gasteiger partial charge in [0.15, 0.2) is 44.3 Å². The number of sulfone groups is 2. The van der Waals surface area contributed by atoms with Crippen LogP contribution in [-0.4, -0.2) is 83.9 Å². The van der Waals surface area contributed by atoms with Gasteiger partial charge in [0, 0.05) is 6.92 Å². The predicted molar refractivity (Wildman–Crippen MR) is 222 cm³/mol. The lowest BCUT2D eigenvalue weighted by atomic mass is 10.2. The average Bonchev–Trinajstić information content (AvgIpc) is 3.21. The van der Waals surface area contributed by atoms with E-state index in [9.17, 15) is 47.6 Å². The number of nitrogens with zero attached hydrogens (tertiary/aromatic N) is 6. The number of nitrogen functional groups attached to an aromatic ring is 2. The maximum absolute atomic E-state index is 12.7. The van der Waals surface area contributed by atoms with Crippen molar-refractivity contribution in [3.05, 3.63) is 66.7 Å². The Morgan fingerprint density at radius 1 is 0.594 bits per heavy atom. The summed E-state index contributed by atoms with van der Waals surface area (Å²) in [4.78, 5) is 9.56. The fraction of sp³-hybridized carbons (Fsp3) is 0.167. The summed E-state index contributed by atoms with van der Waals surface area (Å²) in [6.45, 7) is 0.270. The molecule has 1 amide bonds. The molecule has 64 heavy (non-hydrogen) atoms. The van der Waals surface area contributed by atoms with Gasteiger partial charge in [0.05, 0.1) is 57.3 Å². The third-order valence-electron chi connectivity index (χ3n) is 7.49. The van der Waals surface area contributed by atoms with Crippen molar-refractivity contribution >= 4 is 122 Å². The second-order valence-corrected chi connectivity index (χ2v) is 19.9. The molecule has 4 rings (SSSR count). The van der Waals surface area contributed by atoms with Crippen molar-refractivity contribution in [3.63, 3.8) is 0 Å². The number of carbonyl (C=O) groups is 1. The van der Waals surface area contributed by atoms with Gasteiger partial charge in [-0.1, -0.05) is 10.1 Å². The highest BCUT2D eigenvalue weighted by atomic mass is 32.2. The molecular formula is C30H31N9O19S6. The smallest absolute Gasteiger partial charge is 0.296 e. The van der Waals surface area contributed by atoms with E-state index in [2.05, 4.69) is 54.7 Å². The summed E-state index contributed by atoms with van der Waals surface area (Å²) in [5.41, 5.74) is 9.70. The molecule has 0 aromatic heterocycles. The van der Waals surface area contributed by atoms with Crippen molar-refractivity contribution in [2.45, 2.75) is 26.5 Å². The molecule has 4 aromatic rings. The average molecular weight is 1010 g/mol. The molecule has 0 atom stereocenters. The molecule has 0 spiro atoms. The SMILES string of the molecule is CC(=O)Nc1cc(N=Nc2cc(N=Nc3ccc(S(=O)(=O)CCOSOOO)cc3S(=O)(=O)O)c(N)cc2N)c(S(=O)(=O)O)cc1N=Nc1ccc(S(=O)(=O)CCOSOOO)cc1. The number of anilines is 3. The zero-order valence-corrected chi connectivity index (χ0v) is 36.8. The normalized spacial score (nSPS) is 12.8. The molecule has 0 radical (unpaired) electrons. The Morgan fingerprint density at radius 3 is 1.58 bits per heavy atom. The number of nitrogens with one attached hydrogen (secondary N) is 1. The molecule has 0 bridgehead atoms. The van der Waals surface area contributed by atoms with Crippen LogP contribution in [-0.2, 0) is 71.8 Å². The summed E-state index contributed by atoms with van der Waals surface area (Å²) in [5, 5.41) is 48.5. The first-order valence-corrected chi connectivity index (χ1v) is 24.1. The summed E-state index contributed by atoms with van der Waals surface area (Å²) in [6.07, 6.45) is 0. The minimum atomic E-state index is -5.12. The number of hydrogen-bond acceptors (Lipinski definition) is 27. The Labute approximate surface area is 370 Å². The minimum Gasteiger partial charge on any atom is -0.397 e. The third kappa shape index (κ3) is 15.0. The molecule has 0 saturated carbocycles. The van der Waals surface area contributed by atoms with Crippen LogP contribution in [0.2, 0.25) is 0 Å². The maximum Gasteiger partial charge on any atom is 0.296 e. The first-order chi connectivity index (χ1) is 30.1. The van der Waals surface area contributed by atoms with Crippen molar-refractivity contribution in [3.8, 4) is 0 Å². The molecule has 346 valence electrons. The van der Waals surface area contributed by atoms with Crippen molar-refractivity contribution < 1.29 is 85.2 Å². The zero-order chi connectivity index (χ0) is 47.3. The largest absolute Gasteiger partial charge is 0.397 e. The topological polar surface area (TPSA) is 428 Å². The van der Waals surface area contributed by atoms with Gasteiger partial charge in [0.1, 0.15) is 38.2 Å². The Hall–Kier alpha value is -5.15. The molecule has 9 N–H and O–H groups in total. The highest BCUT2D eigenvalue weighted by Gasteiger charge is 2.24. The van der Waals surface area contributed by atoms with Crippen LogP contribution in [0.5, 0.6) is 0 Å². The van der Waals surface area contributed by atoms with E-state index in [1.807, 2.05) is 0 Å². The number of rotatable bonds is 23. The van der Waals surface area contributed by atoms with Gasteiger partial charge in [-0.3, -0.25) is 22.3 Å². The summed E-state index contributed by atoms with van der Waals surface area (Å²) in [7, 11) is -18.3. The molecule has 0 aliphatic carbocycles. The summed E-state index contributed by atoms with van der Waals surface area (Å²) >= 11 is 0.308. The molecule has 0 aliphatic heterocycles. The van der Waals surface area contributed by atoms with Crippen LogP contribution in [0, 0.1) is 0 Å². The van der Waals surface area contributed by atoms with Gasteiger partial charge in [0.25, 0.3) is 20.2 Å². The van der Waals surface area contributed by atoms with Gasteiger partial charge < -0.3 is 16.8 Å². The molecule has 4 aromatic carbocycles. The van der Waals surface area contributed by atoms with Crippen molar-refractivity contribution in [1.82, 2.24) is 0 Å². The Kier molecular flexibility index (Phi) is 18.2.